The summed E-state index contributed by atoms with van der Waals surface area (Å²) >= 11 is -6.69. The van der Waals surface area contributed by atoms with Gasteiger partial charge < -0.3 is 0 Å². The Bertz CT molecular complexity index is 2530. The van der Waals surface area contributed by atoms with Gasteiger partial charge in [0.25, 0.3) is 0 Å². The zero-order chi connectivity index (χ0) is 42.5. The van der Waals surface area contributed by atoms with E-state index in [1.165, 1.54) is 36.4 Å². The third-order valence-electron chi connectivity index (χ3n) is 11.5. The Labute approximate surface area is 350 Å². The molecule has 8 rings (SSSR count). The van der Waals surface area contributed by atoms with Gasteiger partial charge in [-0.15, -0.1) is 0 Å². The Hall–Kier alpha value is -5.15. The van der Waals surface area contributed by atoms with Crippen molar-refractivity contribution in [1.29, 1.82) is 0 Å². The number of benzene rings is 6. The fourth-order valence-electron chi connectivity index (χ4n) is 9.16. The fraction of sp³-hybridized carbons (Fsp3) is 0.0870. The van der Waals surface area contributed by atoms with Gasteiger partial charge in [0.1, 0.15) is 0 Å². The summed E-state index contributed by atoms with van der Waals surface area (Å²) in [6, 6.07) is 38.4. The average molecular weight is 932 g/mol. The van der Waals surface area contributed by atoms with Crippen LogP contribution in [0.5, 0.6) is 0 Å². The molecule has 14 heteroatoms. The second-order valence-corrected chi connectivity index (χ2v) is 36.1. The topological polar surface area (TPSA) is 58.2 Å². The molecule has 2 atom stereocenters. The van der Waals surface area contributed by atoms with E-state index in [0.717, 1.165) is 12.1 Å². The van der Waals surface area contributed by atoms with Crippen molar-refractivity contribution >= 4 is 57.7 Å². The Morgan fingerprint density at radius 1 is 0.483 bits per heavy atom. The molecule has 0 aliphatic heterocycles. The standard InChI is InChI=1S/2C22H14F3.C2H3BN2O2.2ClH.Zr/c2*23-22(24,25)21-12-5-4-10-19(21)18-11-6-9-16-13-17(14-20(16)18)15-7-2-1-3-8-15;6-1-4-3-5-2-7;;;/h2*1-14H;1-2H,(H-,4,5,6,7);2*1H;/q;;;;;+1/p-1. The average Bonchev–Trinajstić information content (AvgIpc) is 3.85. The van der Waals surface area contributed by atoms with E-state index in [4.69, 9.17) is 17.0 Å². The summed E-state index contributed by atoms with van der Waals surface area (Å²) < 4.78 is 84.2. The van der Waals surface area contributed by atoms with Crippen molar-refractivity contribution in [3.8, 4) is 22.3 Å². The number of carbonyl (C=O) groups is 2. The van der Waals surface area contributed by atoms with Gasteiger partial charge in [-0.25, -0.2) is 0 Å². The second kappa shape index (κ2) is 15.7. The summed E-state index contributed by atoms with van der Waals surface area (Å²) in [6.07, 6.45) is -5.13. The number of hydrogen-bond acceptors (Lipinski definition) is 2. The first-order valence-electron chi connectivity index (χ1n) is 18.8. The van der Waals surface area contributed by atoms with Crippen LogP contribution in [0.15, 0.2) is 146 Å². The van der Waals surface area contributed by atoms with Crippen LogP contribution in [0.3, 0.4) is 0 Å². The zero-order valence-corrected chi connectivity index (χ0v) is 35.2. The summed E-state index contributed by atoms with van der Waals surface area (Å²) in [4.78, 5) is 25.3. The Kier molecular flexibility index (Phi) is 10.9. The van der Waals surface area contributed by atoms with Gasteiger partial charge in [-0.1, -0.05) is 0 Å². The third kappa shape index (κ3) is 6.96. The van der Waals surface area contributed by atoms with Crippen LogP contribution in [0, 0.1) is 0 Å². The maximum absolute atomic E-state index is 14.6. The van der Waals surface area contributed by atoms with Crippen LogP contribution in [0.4, 0.5) is 26.3 Å². The molecule has 0 aromatic heterocycles. The molecule has 2 N–H and O–H groups in total. The number of amides is 2. The van der Waals surface area contributed by atoms with E-state index in [-0.39, 0.29) is 22.3 Å². The number of hydrogen-bond donors (Lipinski definition) is 2. The molecule has 0 fully saturated rings. The van der Waals surface area contributed by atoms with Gasteiger partial charge >= 0.3 is 352 Å². The molecule has 2 unspecified atom stereocenters. The fourth-order valence-corrected chi connectivity index (χ4v) is 28.9. The van der Waals surface area contributed by atoms with E-state index >= 15 is 0 Å². The summed E-state index contributed by atoms with van der Waals surface area (Å²) in [5.74, 6) is 0. The normalized spacial score (nSPS) is 16.7. The van der Waals surface area contributed by atoms with Crippen molar-refractivity contribution in [3.63, 3.8) is 0 Å². The van der Waals surface area contributed by atoms with E-state index in [9.17, 15) is 35.9 Å². The molecule has 0 heterocycles. The molecule has 6 aromatic carbocycles. The molecule has 2 aliphatic rings. The molecule has 2 aliphatic carbocycles. The van der Waals surface area contributed by atoms with Crippen molar-refractivity contribution in [2.45, 2.75) is 19.6 Å². The molecule has 0 spiro atoms. The monoisotopic (exact) mass is 929 g/mol. The van der Waals surface area contributed by atoms with Crippen LogP contribution >= 0.6 is 17.0 Å². The molecule has 2 amide bonds. The Balaban J connectivity index is 1.49. The maximum atomic E-state index is 14.6. The molecular formula is C46H32BCl2F6N2O2Zr. The van der Waals surface area contributed by atoms with E-state index in [1.807, 2.05) is 24.3 Å². The van der Waals surface area contributed by atoms with Crippen LogP contribution in [-0.2, 0) is 38.1 Å². The second-order valence-electron chi connectivity index (χ2n) is 14.7. The van der Waals surface area contributed by atoms with Crippen molar-refractivity contribution in [2.75, 3.05) is 0 Å². The molecule has 0 saturated heterocycles. The quantitative estimate of drug-likeness (QED) is 0.0773. The molecule has 6 aromatic rings. The number of halogens is 8. The molecule has 4 nitrogen and oxygen atoms in total. The molecular weight excluding hydrogens is 899 g/mol. The van der Waals surface area contributed by atoms with Gasteiger partial charge in [0.05, 0.1) is 0 Å². The molecule has 60 heavy (non-hydrogen) atoms. The van der Waals surface area contributed by atoms with Crippen molar-refractivity contribution < 1.29 is 52.1 Å². The minimum absolute atomic E-state index is 0.0808. The summed E-state index contributed by atoms with van der Waals surface area (Å²) in [5.41, 5.74) is 2.69. The number of carbonyl (C=O) groups excluding carboxylic acids is 2. The van der Waals surface area contributed by atoms with E-state index in [2.05, 4.69) is 10.5 Å². The van der Waals surface area contributed by atoms with Crippen LogP contribution in [-0.4, -0.2) is 17.3 Å². The SMILES string of the molecule is O=CN[B](NC=O)[Zr]([Cl])([Cl])([CH]1C(c2ccccc2)=Cc2c(-c3ccccc3C(F)(F)F)cccc21)[CH]1C(c2ccccc2)=Cc2c(-c3ccccc3C(F)(F)F)cccc21. The first-order chi connectivity index (χ1) is 28.7. The first kappa shape index (κ1) is 41.6. The number of alkyl halides is 6. The summed E-state index contributed by atoms with van der Waals surface area (Å²) in [7, 11) is 17.1. The van der Waals surface area contributed by atoms with Gasteiger partial charge in [-0.3, -0.25) is 0 Å². The predicted octanol–water partition coefficient (Wildman–Crippen LogP) is 12.4. The molecule has 301 valence electrons. The third-order valence-corrected chi connectivity index (χ3v) is 31.3. The van der Waals surface area contributed by atoms with Gasteiger partial charge in [0.15, 0.2) is 0 Å². The van der Waals surface area contributed by atoms with Gasteiger partial charge in [0, 0.05) is 0 Å². The van der Waals surface area contributed by atoms with Gasteiger partial charge in [-0.2, -0.15) is 0 Å². The van der Waals surface area contributed by atoms with E-state index in [0.29, 0.717) is 57.3 Å². The van der Waals surface area contributed by atoms with Crippen molar-refractivity contribution in [3.05, 3.63) is 190 Å². The predicted molar refractivity (Wildman–Crippen MR) is 224 cm³/mol. The van der Waals surface area contributed by atoms with Crippen molar-refractivity contribution in [2.24, 2.45) is 0 Å². The van der Waals surface area contributed by atoms with E-state index < -0.39 is 51.4 Å². The Morgan fingerprint density at radius 2 is 0.833 bits per heavy atom. The zero-order valence-electron chi connectivity index (χ0n) is 31.2. The first-order valence-corrected chi connectivity index (χ1v) is 29.4. The Morgan fingerprint density at radius 3 is 1.20 bits per heavy atom. The molecule has 0 saturated carbocycles. The van der Waals surface area contributed by atoms with Crippen LogP contribution in [0.25, 0.3) is 45.6 Å². The summed E-state index contributed by atoms with van der Waals surface area (Å²) in [6.45, 7) is 0. The molecule has 0 bridgehead atoms. The number of fused-ring (bicyclic) bond motifs is 2. The van der Waals surface area contributed by atoms with Crippen LogP contribution < -0.4 is 10.5 Å². The van der Waals surface area contributed by atoms with Gasteiger partial charge in [-0.05, 0) is 0 Å². The number of rotatable bonds is 11. The van der Waals surface area contributed by atoms with Gasteiger partial charge in [0.2, 0.25) is 0 Å². The molecule has 0 radical (unpaired) electrons. The number of nitrogens with one attached hydrogen (secondary N) is 2. The van der Waals surface area contributed by atoms with Crippen molar-refractivity contribution in [1.82, 2.24) is 10.5 Å². The van der Waals surface area contributed by atoms with Crippen LogP contribution in [0.1, 0.15) is 51.8 Å². The number of allylic oxidation sites excluding steroid dienone is 2. The summed E-state index contributed by atoms with van der Waals surface area (Å²) in [5, 5.41) is 5.46. The minimum atomic E-state index is -6.69. The van der Waals surface area contributed by atoms with Crippen LogP contribution in [0.2, 0.25) is 0 Å². The van der Waals surface area contributed by atoms with E-state index in [1.54, 1.807) is 84.9 Å².